The summed E-state index contributed by atoms with van der Waals surface area (Å²) >= 11 is 1.79. The monoisotopic (exact) mass is 295 g/mol. The van der Waals surface area contributed by atoms with Gasteiger partial charge in [-0.25, -0.2) is 4.98 Å². The summed E-state index contributed by atoms with van der Waals surface area (Å²) in [5.41, 5.74) is 1.18. The number of rotatable bonds is 5. The summed E-state index contributed by atoms with van der Waals surface area (Å²) in [4.78, 5) is 7.36. The van der Waals surface area contributed by atoms with Crippen LogP contribution in [-0.4, -0.2) is 36.8 Å². The molecule has 0 amide bonds. The first-order valence-electron chi connectivity index (χ1n) is 7.86. The second kappa shape index (κ2) is 6.41. The average Bonchev–Trinajstić information content (AvgIpc) is 3.12. The van der Waals surface area contributed by atoms with Gasteiger partial charge in [0.15, 0.2) is 5.13 Å². The lowest BCUT2D eigenvalue weighted by Crippen LogP contribution is -2.48. The third kappa shape index (κ3) is 2.85. The molecule has 3 atom stereocenters. The van der Waals surface area contributed by atoms with Gasteiger partial charge in [0.05, 0.1) is 24.4 Å². The van der Waals surface area contributed by atoms with E-state index in [0.29, 0.717) is 18.2 Å². The topological polar surface area (TPSA) is 37.4 Å². The molecule has 3 rings (SSSR count). The summed E-state index contributed by atoms with van der Waals surface area (Å²) < 4.78 is 5.88. The summed E-state index contributed by atoms with van der Waals surface area (Å²) in [6.45, 7) is 7.28. The molecule has 0 bridgehead atoms. The smallest absolute Gasteiger partial charge is 0.185 e. The number of ether oxygens (including phenoxy) is 1. The van der Waals surface area contributed by atoms with Crippen LogP contribution >= 0.6 is 11.3 Å². The molecule has 5 heteroatoms. The number of morpholine rings is 1. The first-order valence-corrected chi connectivity index (χ1v) is 8.74. The highest BCUT2D eigenvalue weighted by Crippen LogP contribution is 2.35. The molecule has 2 aliphatic rings. The van der Waals surface area contributed by atoms with E-state index in [1.165, 1.54) is 30.1 Å². The van der Waals surface area contributed by atoms with E-state index in [-0.39, 0.29) is 0 Å². The van der Waals surface area contributed by atoms with Gasteiger partial charge in [-0.05, 0) is 39.2 Å². The van der Waals surface area contributed by atoms with Crippen LogP contribution < -0.4 is 10.2 Å². The Morgan fingerprint density at radius 1 is 1.55 bits per heavy atom. The number of anilines is 1. The Balaban J connectivity index is 1.69. The van der Waals surface area contributed by atoms with Crippen molar-refractivity contribution in [1.82, 2.24) is 10.3 Å². The predicted molar refractivity (Wildman–Crippen MR) is 83.5 cm³/mol. The Morgan fingerprint density at radius 2 is 2.45 bits per heavy atom. The maximum absolute atomic E-state index is 5.88. The summed E-state index contributed by atoms with van der Waals surface area (Å²) in [7, 11) is 0. The van der Waals surface area contributed by atoms with E-state index in [9.17, 15) is 0 Å². The van der Waals surface area contributed by atoms with Crippen LogP contribution in [0.2, 0.25) is 0 Å². The molecule has 0 spiro atoms. The fraction of sp³-hybridized carbons (Fsp3) is 0.800. The van der Waals surface area contributed by atoms with Gasteiger partial charge in [-0.3, -0.25) is 0 Å². The van der Waals surface area contributed by atoms with Gasteiger partial charge in [0, 0.05) is 18.0 Å². The number of thiazole rings is 1. The van der Waals surface area contributed by atoms with Crippen LogP contribution in [0.15, 0.2) is 5.38 Å². The molecule has 1 aliphatic carbocycles. The van der Waals surface area contributed by atoms with E-state index in [1.54, 1.807) is 11.3 Å². The minimum Gasteiger partial charge on any atom is -0.374 e. The van der Waals surface area contributed by atoms with Gasteiger partial charge < -0.3 is 15.0 Å². The maximum Gasteiger partial charge on any atom is 0.185 e. The zero-order valence-electron chi connectivity index (χ0n) is 12.5. The van der Waals surface area contributed by atoms with Crippen LogP contribution in [0.4, 0.5) is 5.13 Å². The normalized spacial score (nSPS) is 27.6. The van der Waals surface area contributed by atoms with E-state index < -0.39 is 0 Å². The lowest BCUT2D eigenvalue weighted by molar-refractivity contribution is 0.0256. The maximum atomic E-state index is 5.88. The molecule has 4 nitrogen and oxygen atoms in total. The van der Waals surface area contributed by atoms with Crippen molar-refractivity contribution >= 4 is 16.5 Å². The van der Waals surface area contributed by atoms with Crippen molar-refractivity contribution < 1.29 is 4.74 Å². The van der Waals surface area contributed by atoms with Crippen LogP contribution in [0.5, 0.6) is 0 Å². The van der Waals surface area contributed by atoms with E-state index in [0.717, 1.165) is 26.1 Å². The molecule has 0 radical (unpaired) electrons. The van der Waals surface area contributed by atoms with Crippen molar-refractivity contribution in [1.29, 1.82) is 0 Å². The minimum atomic E-state index is 0.348. The van der Waals surface area contributed by atoms with Crippen LogP contribution in [0.3, 0.4) is 0 Å². The van der Waals surface area contributed by atoms with Gasteiger partial charge in [0.25, 0.3) is 0 Å². The zero-order chi connectivity index (χ0) is 13.9. The van der Waals surface area contributed by atoms with Gasteiger partial charge in [-0.1, -0.05) is 6.92 Å². The first kappa shape index (κ1) is 14.3. The molecule has 2 heterocycles. The molecule has 1 saturated carbocycles. The van der Waals surface area contributed by atoms with Gasteiger partial charge >= 0.3 is 0 Å². The number of nitrogens with zero attached hydrogens (tertiary/aromatic N) is 2. The molecule has 1 N–H and O–H groups in total. The van der Waals surface area contributed by atoms with Crippen molar-refractivity contribution in [3.63, 3.8) is 0 Å². The summed E-state index contributed by atoms with van der Waals surface area (Å²) in [5.74, 6) is 0. The third-order valence-corrected chi connectivity index (χ3v) is 5.28. The molecule has 0 aromatic carbocycles. The van der Waals surface area contributed by atoms with Gasteiger partial charge in [-0.2, -0.15) is 0 Å². The second-order valence-electron chi connectivity index (χ2n) is 5.83. The summed E-state index contributed by atoms with van der Waals surface area (Å²) in [5, 5.41) is 6.91. The molecule has 1 aliphatic heterocycles. The SMILES string of the molecule is CCCNC(C)c1csc(N2CCOC3CCCC32)n1. The molecule has 112 valence electrons. The number of hydrogen-bond acceptors (Lipinski definition) is 5. The van der Waals surface area contributed by atoms with E-state index in [4.69, 9.17) is 9.72 Å². The van der Waals surface area contributed by atoms with Crippen LogP contribution in [0.25, 0.3) is 0 Å². The van der Waals surface area contributed by atoms with Crippen molar-refractivity contribution in [2.75, 3.05) is 24.6 Å². The summed E-state index contributed by atoms with van der Waals surface area (Å²) in [6, 6.07) is 0.905. The lowest BCUT2D eigenvalue weighted by atomic mass is 10.1. The predicted octanol–water partition coefficient (Wildman–Crippen LogP) is 2.96. The second-order valence-corrected chi connectivity index (χ2v) is 6.67. The van der Waals surface area contributed by atoms with E-state index >= 15 is 0 Å². The van der Waals surface area contributed by atoms with Crippen LogP contribution in [0.1, 0.15) is 51.3 Å². The molecule has 3 unspecified atom stereocenters. The highest BCUT2D eigenvalue weighted by molar-refractivity contribution is 7.13. The largest absolute Gasteiger partial charge is 0.374 e. The molecule has 20 heavy (non-hydrogen) atoms. The van der Waals surface area contributed by atoms with Crippen molar-refractivity contribution in [3.8, 4) is 0 Å². The van der Waals surface area contributed by atoms with Gasteiger partial charge in [0.1, 0.15) is 0 Å². The Hall–Kier alpha value is -0.650. The Bertz CT molecular complexity index is 437. The van der Waals surface area contributed by atoms with Crippen molar-refractivity contribution in [2.45, 2.75) is 57.7 Å². The fourth-order valence-electron chi connectivity index (χ4n) is 3.24. The number of nitrogens with one attached hydrogen (secondary N) is 1. The Kier molecular flexibility index (Phi) is 4.58. The average molecular weight is 295 g/mol. The van der Waals surface area contributed by atoms with Crippen molar-refractivity contribution in [2.24, 2.45) is 0 Å². The number of fused-ring (bicyclic) bond motifs is 1. The summed E-state index contributed by atoms with van der Waals surface area (Å²) in [6.07, 6.45) is 5.36. The van der Waals surface area contributed by atoms with Crippen LogP contribution in [0, 0.1) is 0 Å². The minimum absolute atomic E-state index is 0.348. The molecular weight excluding hydrogens is 270 g/mol. The Labute approximate surface area is 125 Å². The van der Waals surface area contributed by atoms with Crippen LogP contribution in [-0.2, 0) is 4.74 Å². The highest BCUT2D eigenvalue weighted by atomic mass is 32.1. The van der Waals surface area contributed by atoms with E-state index in [2.05, 4.69) is 29.4 Å². The molecule has 1 aromatic rings. The zero-order valence-corrected chi connectivity index (χ0v) is 13.3. The molecule has 1 saturated heterocycles. The molecule has 2 fully saturated rings. The lowest BCUT2D eigenvalue weighted by Gasteiger charge is -2.37. The molecular formula is C15H25N3OS. The first-order chi connectivity index (χ1) is 9.79. The van der Waals surface area contributed by atoms with Gasteiger partial charge in [0.2, 0.25) is 0 Å². The molecule has 1 aromatic heterocycles. The number of hydrogen-bond donors (Lipinski definition) is 1. The quantitative estimate of drug-likeness (QED) is 0.906. The Morgan fingerprint density at radius 3 is 3.30 bits per heavy atom. The van der Waals surface area contributed by atoms with Gasteiger partial charge in [-0.15, -0.1) is 11.3 Å². The highest BCUT2D eigenvalue weighted by Gasteiger charge is 2.37. The van der Waals surface area contributed by atoms with E-state index in [1.807, 2.05) is 0 Å². The standard InChI is InChI=1S/C15H25N3OS/c1-3-7-16-11(2)12-10-20-15(17-12)18-8-9-19-14-6-4-5-13(14)18/h10-11,13-14,16H,3-9H2,1-2H3. The van der Waals surface area contributed by atoms with Crippen molar-refractivity contribution in [3.05, 3.63) is 11.1 Å². The fourth-order valence-corrected chi connectivity index (χ4v) is 4.24. The number of aromatic nitrogens is 1. The third-order valence-electron chi connectivity index (χ3n) is 4.38.